The molecule has 1 fully saturated rings. The molecule has 41 heavy (non-hydrogen) atoms. The SMILES string of the molecule is Cc1ccc(C(F)(F)F)c(C2=C(c3ccc(CC4CN(CCCF)C4)cc3)c3ccc(C(=O)O)cc3CCC2)c1.Cl. The van der Waals surface area contributed by atoms with Gasteiger partial charge in [-0.1, -0.05) is 48.0 Å². The lowest BCUT2D eigenvalue weighted by molar-refractivity contribution is -0.137. The fourth-order valence-corrected chi connectivity index (χ4v) is 6.09. The Hall–Kier alpha value is -3.16. The number of rotatable bonds is 8. The number of fused-ring (bicyclic) bond motifs is 1. The molecule has 1 aliphatic heterocycles. The van der Waals surface area contributed by atoms with Gasteiger partial charge in [-0.05, 0) is 102 Å². The second-order valence-electron chi connectivity index (χ2n) is 11.0. The fraction of sp³-hybridized carbons (Fsp3) is 0.364. The summed E-state index contributed by atoms with van der Waals surface area (Å²) in [5, 5.41) is 9.56. The maximum absolute atomic E-state index is 14.2. The van der Waals surface area contributed by atoms with Crippen LogP contribution in [0, 0.1) is 12.8 Å². The summed E-state index contributed by atoms with van der Waals surface area (Å²) in [5.41, 5.74) is 5.39. The molecule has 218 valence electrons. The number of likely N-dealkylation sites (tertiary alicyclic amines) is 1. The third-order valence-corrected chi connectivity index (χ3v) is 8.01. The highest BCUT2D eigenvalue weighted by Gasteiger charge is 2.35. The fourth-order valence-electron chi connectivity index (χ4n) is 6.09. The Morgan fingerprint density at radius 3 is 2.37 bits per heavy atom. The van der Waals surface area contributed by atoms with E-state index in [1.165, 1.54) is 12.1 Å². The normalized spacial score (nSPS) is 16.0. The van der Waals surface area contributed by atoms with Crippen LogP contribution < -0.4 is 0 Å². The number of allylic oxidation sites excluding steroid dienone is 1. The predicted octanol–water partition coefficient (Wildman–Crippen LogP) is 8.26. The summed E-state index contributed by atoms with van der Waals surface area (Å²) in [6, 6.07) is 17.2. The van der Waals surface area contributed by atoms with Crippen LogP contribution in [0.4, 0.5) is 17.6 Å². The zero-order valence-corrected chi connectivity index (χ0v) is 23.8. The third kappa shape index (κ3) is 6.84. The van der Waals surface area contributed by atoms with Gasteiger partial charge in [0.15, 0.2) is 0 Å². The second kappa shape index (κ2) is 12.8. The maximum atomic E-state index is 14.2. The van der Waals surface area contributed by atoms with Gasteiger partial charge in [-0.2, -0.15) is 13.2 Å². The average molecular weight is 588 g/mol. The van der Waals surface area contributed by atoms with Crippen molar-refractivity contribution in [1.29, 1.82) is 0 Å². The molecule has 3 nitrogen and oxygen atoms in total. The average Bonchev–Trinajstić information content (AvgIpc) is 3.08. The van der Waals surface area contributed by atoms with Gasteiger partial charge >= 0.3 is 12.1 Å². The quantitative estimate of drug-likeness (QED) is 0.270. The van der Waals surface area contributed by atoms with Crippen LogP contribution >= 0.6 is 12.4 Å². The predicted molar refractivity (Wildman–Crippen MR) is 156 cm³/mol. The first-order valence-electron chi connectivity index (χ1n) is 13.8. The molecule has 3 aromatic carbocycles. The highest BCUT2D eigenvalue weighted by molar-refractivity contribution is 6.01. The van der Waals surface area contributed by atoms with Crippen LogP contribution in [-0.2, 0) is 19.0 Å². The minimum Gasteiger partial charge on any atom is -0.478 e. The molecule has 0 atom stereocenters. The molecule has 0 amide bonds. The van der Waals surface area contributed by atoms with E-state index in [1.807, 2.05) is 24.3 Å². The minimum absolute atomic E-state index is 0. The lowest BCUT2D eigenvalue weighted by atomic mass is 9.84. The van der Waals surface area contributed by atoms with Gasteiger partial charge in [-0.25, -0.2) is 4.79 Å². The van der Waals surface area contributed by atoms with E-state index in [9.17, 15) is 27.5 Å². The van der Waals surface area contributed by atoms with Crippen molar-refractivity contribution in [1.82, 2.24) is 4.90 Å². The number of carbonyl (C=O) groups is 1. The topological polar surface area (TPSA) is 40.5 Å². The summed E-state index contributed by atoms with van der Waals surface area (Å²) >= 11 is 0. The first-order valence-corrected chi connectivity index (χ1v) is 13.8. The number of carboxylic acid groups (broad SMARTS) is 1. The first-order chi connectivity index (χ1) is 19.1. The van der Waals surface area contributed by atoms with Gasteiger partial charge in [0.05, 0.1) is 17.8 Å². The van der Waals surface area contributed by atoms with Gasteiger partial charge in [0, 0.05) is 19.6 Å². The van der Waals surface area contributed by atoms with Crippen LogP contribution in [-0.4, -0.2) is 42.3 Å². The van der Waals surface area contributed by atoms with Crippen LogP contribution in [0.1, 0.15) is 68.6 Å². The summed E-state index contributed by atoms with van der Waals surface area (Å²) in [6.45, 7) is 4.18. The van der Waals surface area contributed by atoms with Gasteiger partial charge < -0.3 is 10.0 Å². The minimum atomic E-state index is -4.51. The number of hydrogen-bond donors (Lipinski definition) is 1. The molecular weight excluding hydrogens is 554 g/mol. The summed E-state index contributed by atoms with van der Waals surface area (Å²) in [5.74, 6) is -0.519. The zero-order valence-electron chi connectivity index (χ0n) is 22.9. The van der Waals surface area contributed by atoms with E-state index in [0.717, 1.165) is 65.5 Å². The molecule has 1 aliphatic carbocycles. The summed E-state index contributed by atoms with van der Waals surface area (Å²) in [6.07, 6.45) is -1.42. The van der Waals surface area contributed by atoms with E-state index in [4.69, 9.17) is 0 Å². The standard InChI is InChI=1S/C33H33F4NO2.ClH/c1-21-6-13-30(33(35,36)37)29(16-21)28-5-2-4-25-18-26(32(39)40)11-12-27(25)31(28)24-9-7-22(8-10-24)17-23-19-38(20-23)15-3-14-34;/h6-13,16,18,23H,2-5,14-15,17,19-20H2,1H3,(H,39,40);1H. The largest absolute Gasteiger partial charge is 0.478 e. The molecule has 0 bridgehead atoms. The monoisotopic (exact) mass is 587 g/mol. The van der Waals surface area contributed by atoms with Crippen LogP contribution in [0.3, 0.4) is 0 Å². The number of hydrogen-bond acceptors (Lipinski definition) is 2. The molecule has 5 rings (SSSR count). The number of nitrogens with zero attached hydrogens (tertiary/aromatic N) is 1. The molecule has 2 aliphatic rings. The molecule has 1 saturated heterocycles. The van der Waals surface area contributed by atoms with Crippen molar-refractivity contribution in [2.45, 2.75) is 45.2 Å². The van der Waals surface area contributed by atoms with Crippen LogP contribution in [0.5, 0.6) is 0 Å². The first kappa shape index (κ1) is 30.8. The Morgan fingerprint density at radius 2 is 1.71 bits per heavy atom. The Morgan fingerprint density at radius 1 is 0.976 bits per heavy atom. The maximum Gasteiger partial charge on any atom is 0.416 e. The summed E-state index contributed by atoms with van der Waals surface area (Å²) < 4.78 is 55.1. The third-order valence-electron chi connectivity index (χ3n) is 8.01. The molecule has 0 unspecified atom stereocenters. The molecule has 0 spiro atoms. The zero-order chi connectivity index (χ0) is 28.4. The van der Waals surface area contributed by atoms with Crippen molar-refractivity contribution in [2.75, 3.05) is 26.3 Å². The Labute approximate surface area is 244 Å². The van der Waals surface area contributed by atoms with Gasteiger partial charge in [0.25, 0.3) is 0 Å². The van der Waals surface area contributed by atoms with Gasteiger partial charge in [0.2, 0.25) is 0 Å². The van der Waals surface area contributed by atoms with Crippen LogP contribution in [0.25, 0.3) is 11.1 Å². The number of aryl methyl sites for hydroxylation is 2. The Bertz CT molecular complexity index is 1430. The van der Waals surface area contributed by atoms with E-state index >= 15 is 0 Å². The van der Waals surface area contributed by atoms with E-state index in [-0.39, 0.29) is 30.2 Å². The van der Waals surface area contributed by atoms with Crippen molar-refractivity contribution in [2.24, 2.45) is 5.92 Å². The Balaban J connectivity index is 0.00000387. The van der Waals surface area contributed by atoms with Crippen LogP contribution in [0.15, 0.2) is 60.7 Å². The number of benzene rings is 3. The van der Waals surface area contributed by atoms with E-state index in [2.05, 4.69) is 4.90 Å². The molecule has 0 radical (unpaired) electrons. The smallest absolute Gasteiger partial charge is 0.416 e. The number of alkyl halides is 4. The number of aromatic carboxylic acids is 1. The number of halogens is 5. The van der Waals surface area contributed by atoms with Crippen LogP contribution in [0.2, 0.25) is 0 Å². The molecule has 1 N–H and O–H groups in total. The highest BCUT2D eigenvalue weighted by atomic mass is 35.5. The van der Waals surface area contributed by atoms with Crippen molar-refractivity contribution >= 4 is 29.5 Å². The number of carboxylic acids is 1. The lowest BCUT2D eigenvalue weighted by Crippen LogP contribution is -2.47. The summed E-state index contributed by atoms with van der Waals surface area (Å²) in [4.78, 5) is 13.9. The van der Waals surface area contributed by atoms with Crippen molar-refractivity contribution in [3.05, 3.63) is 105 Å². The van der Waals surface area contributed by atoms with Gasteiger partial charge in [-0.3, -0.25) is 4.39 Å². The molecule has 8 heteroatoms. The molecular formula is C33H34ClF4NO2. The van der Waals surface area contributed by atoms with E-state index < -0.39 is 17.7 Å². The highest BCUT2D eigenvalue weighted by Crippen LogP contribution is 2.44. The van der Waals surface area contributed by atoms with Crippen molar-refractivity contribution in [3.8, 4) is 0 Å². The Kier molecular flexibility index (Phi) is 9.60. The molecule has 1 heterocycles. The van der Waals surface area contributed by atoms with Crippen molar-refractivity contribution < 1.29 is 27.5 Å². The second-order valence-corrected chi connectivity index (χ2v) is 11.0. The van der Waals surface area contributed by atoms with Crippen molar-refractivity contribution in [3.63, 3.8) is 0 Å². The molecule has 0 saturated carbocycles. The summed E-state index contributed by atoms with van der Waals surface area (Å²) in [7, 11) is 0. The van der Waals surface area contributed by atoms with E-state index in [1.54, 1.807) is 25.1 Å². The molecule has 3 aromatic rings. The molecule has 0 aromatic heterocycles. The van der Waals surface area contributed by atoms with Gasteiger partial charge in [-0.15, -0.1) is 12.4 Å². The van der Waals surface area contributed by atoms with Gasteiger partial charge in [0.1, 0.15) is 0 Å². The lowest BCUT2D eigenvalue weighted by Gasteiger charge is -2.39. The van der Waals surface area contributed by atoms with E-state index in [0.29, 0.717) is 37.2 Å².